The van der Waals surface area contributed by atoms with Crippen LogP contribution in [-0.2, 0) is 0 Å². The lowest BCUT2D eigenvalue weighted by atomic mass is 10.1. The van der Waals surface area contributed by atoms with Crippen molar-refractivity contribution in [3.63, 3.8) is 0 Å². The van der Waals surface area contributed by atoms with Crippen LogP contribution in [0.15, 0.2) is 42.5 Å². The van der Waals surface area contributed by atoms with Crippen molar-refractivity contribution in [2.24, 2.45) is 5.92 Å². The van der Waals surface area contributed by atoms with E-state index in [2.05, 4.69) is 21.2 Å². The van der Waals surface area contributed by atoms with E-state index in [0.29, 0.717) is 5.56 Å². The molecular formula is C22H27N3O2. The first-order valence-corrected chi connectivity index (χ1v) is 9.77. The molecule has 1 aliphatic carbocycles. The third-order valence-corrected chi connectivity index (χ3v) is 5.45. The molecule has 0 atom stereocenters. The molecule has 2 fully saturated rings. The SMILES string of the molecule is Cc1ccc(C(=O)Nc2cccc(N3CCN(CC4CC4)CC3)c2)c(O)c1. The van der Waals surface area contributed by atoms with Gasteiger partial charge >= 0.3 is 0 Å². The summed E-state index contributed by atoms with van der Waals surface area (Å²) in [5, 5.41) is 12.9. The van der Waals surface area contributed by atoms with Gasteiger partial charge in [-0.1, -0.05) is 12.1 Å². The van der Waals surface area contributed by atoms with Crippen molar-refractivity contribution >= 4 is 17.3 Å². The molecule has 0 unspecified atom stereocenters. The van der Waals surface area contributed by atoms with Gasteiger partial charge in [-0.15, -0.1) is 0 Å². The van der Waals surface area contributed by atoms with Gasteiger partial charge in [0.25, 0.3) is 5.91 Å². The molecular weight excluding hydrogens is 338 g/mol. The summed E-state index contributed by atoms with van der Waals surface area (Å²) in [5.74, 6) is 0.655. The minimum absolute atomic E-state index is 0.00967. The Morgan fingerprint density at radius 3 is 2.59 bits per heavy atom. The second kappa shape index (κ2) is 7.61. The van der Waals surface area contributed by atoms with Gasteiger partial charge in [0.15, 0.2) is 0 Å². The zero-order valence-electron chi connectivity index (χ0n) is 15.8. The molecule has 2 aromatic rings. The van der Waals surface area contributed by atoms with Gasteiger partial charge in [0.2, 0.25) is 0 Å². The van der Waals surface area contributed by atoms with E-state index in [1.165, 1.54) is 19.4 Å². The summed E-state index contributed by atoms with van der Waals surface area (Å²) in [6.45, 7) is 7.37. The van der Waals surface area contributed by atoms with Gasteiger partial charge < -0.3 is 15.3 Å². The fourth-order valence-corrected chi connectivity index (χ4v) is 3.67. The average molecular weight is 365 g/mol. The Balaban J connectivity index is 1.39. The fraction of sp³-hybridized carbons (Fsp3) is 0.409. The molecule has 0 radical (unpaired) electrons. The maximum atomic E-state index is 12.5. The molecule has 2 aromatic carbocycles. The zero-order chi connectivity index (χ0) is 18.8. The number of carbonyl (C=O) groups excluding carboxylic acids is 1. The van der Waals surface area contributed by atoms with E-state index in [1.54, 1.807) is 12.1 Å². The van der Waals surface area contributed by atoms with Crippen LogP contribution in [-0.4, -0.2) is 48.6 Å². The Morgan fingerprint density at radius 2 is 1.89 bits per heavy atom. The third kappa shape index (κ3) is 4.42. The van der Waals surface area contributed by atoms with Crippen molar-refractivity contribution in [3.05, 3.63) is 53.6 Å². The molecule has 2 N–H and O–H groups in total. The summed E-state index contributed by atoms with van der Waals surface area (Å²) in [4.78, 5) is 17.4. The summed E-state index contributed by atoms with van der Waals surface area (Å²) >= 11 is 0. The van der Waals surface area contributed by atoms with Crippen LogP contribution in [0.25, 0.3) is 0 Å². The number of nitrogens with one attached hydrogen (secondary N) is 1. The maximum absolute atomic E-state index is 12.5. The second-order valence-corrected chi connectivity index (χ2v) is 7.76. The number of amides is 1. The fourth-order valence-electron chi connectivity index (χ4n) is 3.67. The average Bonchev–Trinajstić information content (AvgIpc) is 3.46. The highest BCUT2D eigenvalue weighted by molar-refractivity contribution is 6.06. The first-order valence-electron chi connectivity index (χ1n) is 9.77. The van der Waals surface area contributed by atoms with Crippen molar-refractivity contribution < 1.29 is 9.90 Å². The lowest BCUT2D eigenvalue weighted by Gasteiger charge is -2.36. The predicted octanol–water partition coefficient (Wildman–Crippen LogP) is 3.48. The number of aryl methyl sites for hydroxylation is 1. The van der Waals surface area contributed by atoms with Crippen molar-refractivity contribution in [2.45, 2.75) is 19.8 Å². The van der Waals surface area contributed by atoms with Crippen LogP contribution >= 0.6 is 0 Å². The smallest absolute Gasteiger partial charge is 0.259 e. The molecule has 4 rings (SSSR count). The summed E-state index contributed by atoms with van der Waals surface area (Å²) in [7, 11) is 0. The summed E-state index contributed by atoms with van der Waals surface area (Å²) in [5.41, 5.74) is 3.09. The molecule has 0 aromatic heterocycles. The lowest BCUT2D eigenvalue weighted by molar-refractivity contribution is 0.102. The van der Waals surface area contributed by atoms with Crippen LogP contribution < -0.4 is 10.2 Å². The van der Waals surface area contributed by atoms with Crippen molar-refractivity contribution in [2.75, 3.05) is 42.9 Å². The summed E-state index contributed by atoms with van der Waals surface area (Å²) in [6.07, 6.45) is 2.80. The van der Waals surface area contributed by atoms with Gasteiger partial charge in [-0.2, -0.15) is 0 Å². The van der Waals surface area contributed by atoms with Crippen LogP contribution in [0, 0.1) is 12.8 Å². The minimum Gasteiger partial charge on any atom is -0.507 e. The molecule has 142 valence electrons. The molecule has 0 spiro atoms. The highest BCUT2D eigenvalue weighted by Crippen LogP contribution is 2.30. The molecule has 27 heavy (non-hydrogen) atoms. The largest absolute Gasteiger partial charge is 0.507 e. The monoisotopic (exact) mass is 365 g/mol. The minimum atomic E-state index is -0.293. The topological polar surface area (TPSA) is 55.8 Å². The van der Waals surface area contributed by atoms with Crippen LogP contribution in [0.1, 0.15) is 28.8 Å². The van der Waals surface area contributed by atoms with Crippen LogP contribution in [0.4, 0.5) is 11.4 Å². The number of piperazine rings is 1. The molecule has 1 amide bonds. The van der Waals surface area contributed by atoms with Crippen LogP contribution in [0.3, 0.4) is 0 Å². The van der Waals surface area contributed by atoms with E-state index in [-0.39, 0.29) is 11.7 Å². The molecule has 1 saturated carbocycles. The number of aromatic hydroxyl groups is 1. The Hall–Kier alpha value is -2.53. The molecule has 2 aliphatic rings. The third-order valence-electron chi connectivity index (χ3n) is 5.45. The molecule has 1 heterocycles. The van der Waals surface area contributed by atoms with Gasteiger partial charge in [-0.25, -0.2) is 0 Å². The molecule has 0 bridgehead atoms. The van der Waals surface area contributed by atoms with E-state index < -0.39 is 0 Å². The van der Waals surface area contributed by atoms with E-state index in [0.717, 1.165) is 49.0 Å². The normalized spacial score (nSPS) is 17.7. The Labute approximate surface area is 160 Å². The number of hydrogen-bond donors (Lipinski definition) is 2. The number of benzene rings is 2. The summed E-state index contributed by atoms with van der Waals surface area (Å²) in [6, 6.07) is 13.0. The van der Waals surface area contributed by atoms with Gasteiger partial charge in [0.05, 0.1) is 5.56 Å². The van der Waals surface area contributed by atoms with Crippen molar-refractivity contribution in [1.82, 2.24) is 4.90 Å². The number of phenols is 1. The number of nitrogens with zero attached hydrogens (tertiary/aromatic N) is 2. The van der Waals surface area contributed by atoms with Gasteiger partial charge in [-0.3, -0.25) is 9.69 Å². The van der Waals surface area contributed by atoms with E-state index >= 15 is 0 Å². The highest BCUT2D eigenvalue weighted by Gasteiger charge is 2.26. The predicted molar refractivity (Wildman–Crippen MR) is 109 cm³/mol. The number of hydrogen-bond acceptors (Lipinski definition) is 4. The maximum Gasteiger partial charge on any atom is 0.259 e. The number of anilines is 2. The van der Waals surface area contributed by atoms with Gasteiger partial charge in [0.1, 0.15) is 5.75 Å². The Morgan fingerprint density at radius 1 is 1.11 bits per heavy atom. The lowest BCUT2D eigenvalue weighted by Crippen LogP contribution is -2.47. The molecule has 5 nitrogen and oxygen atoms in total. The number of rotatable bonds is 5. The van der Waals surface area contributed by atoms with E-state index in [4.69, 9.17) is 0 Å². The number of carbonyl (C=O) groups is 1. The van der Waals surface area contributed by atoms with Gasteiger partial charge in [-0.05, 0) is 61.6 Å². The van der Waals surface area contributed by atoms with Crippen molar-refractivity contribution in [3.8, 4) is 5.75 Å². The quantitative estimate of drug-likeness (QED) is 0.852. The van der Waals surface area contributed by atoms with E-state index in [9.17, 15) is 9.90 Å². The summed E-state index contributed by atoms with van der Waals surface area (Å²) < 4.78 is 0. The van der Waals surface area contributed by atoms with Gasteiger partial charge in [0, 0.05) is 44.1 Å². The first-order chi connectivity index (χ1) is 13.1. The molecule has 1 saturated heterocycles. The zero-order valence-corrected chi connectivity index (χ0v) is 15.8. The van der Waals surface area contributed by atoms with E-state index in [1.807, 2.05) is 31.2 Å². The number of phenolic OH excluding ortho intramolecular Hbond substituents is 1. The van der Waals surface area contributed by atoms with Crippen LogP contribution in [0.5, 0.6) is 5.75 Å². The Bertz CT molecular complexity index is 824. The second-order valence-electron chi connectivity index (χ2n) is 7.76. The molecule has 1 aliphatic heterocycles. The first kappa shape index (κ1) is 17.9. The molecule has 5 heteroatoms. The standard InChI is InChI=1S/C22H27N3O2/c1-16-5-8-20(21(26)13-16)22(27)23-18-3-2-4-19(14-18)25-11-9-24(10-12-25)15-17-6-7-17/h2-5,8,13-14,17,26H,6-7,9-12,15H2,1H3,(H,23,27). The Kier molecular flexibility index (Phi) is 5.03. The highest BCUT2D eigenvalue weighted by atomic mass is 16.3. The van der Waals surface area contributed by atoms with Crippen molar-refractivity contribution in [1.29, 1.82) is 0 Å². The van der Waals surface area contributed by atoms with Crippen LogP contribution in [0.2, 0.25) is 0 Å².